The van der Waals surface area contributed by atoms with Crippen LogP contribution in [0.15, 0.2) is 126 Å². The number of aromatic nitrogens is 2. The van der Waals surface area contributed by atoms with E-state index in [2.05, 4.69) is 90.3 Å². The number of carbonyl (C=O) groups excluding carboxylic acids is 1. The molecule has 1 saturated heterocycles. The maximum atomic E-state index is 14.5. The van der Waals surface area contributed by atoms with Gasteiger partial charge in [0, 0.05) is 23.8 Å². The SMILES string of the molecule is COc1ccc(C(O[C@H]2[C@@H](OCO[Si](C(C)C)(C(C)C)C(C)C)[C@H](n3ccc(NC(=O)c4ccccc4)nc3=O)O[C@@H]2COP(OCCC#N)N(C(C)C)C(C)C)(c2ccccc2)c2ccc(OC)cc2)cc1. The van der Waals surface area contributed by atoms with Gasteiger partial charge in [0.1, 0.15) is 48.0 Å². The molecule has 1 unspecified atom stereocenters. The number of ether oxygens (including phenoxy) is 5. The van der Waals surface area contributed by atoms with Crippen molar-refractivity contribution in [1.29, 1.82) is 5.26 Å². The van der Waals surface area contributed by atoms with Crippen molar-refractivity contribution in [1.82, 2.24) is 14.2 Å². The van der Waals surface area contributed by atoms with E-state index in [4.69, 9.17) is 37.2 Å². The van der Waals surface area contributed by atoms with E-state index < -0.39 is 58.6 Å². The molecule has 1 N–H and O–H groups in total. The van der Waals surface area contributed by atoms with E-state index in [-0.39, 0.29) is 61.0 Å². The molecule has 15 nitrogen and oxygen atoms in total. The Labute approximate surface area is 434 Å². The van der Waals surface area contributed by atoms with Crippen LogP contribution in [-0.2, 0) is 33.3 Å². The summed E-state index contributed by atoms with van der Waals surface area (Å²) in [6.45, 7) is 21.5. The Balaban J connectivity index is 1.57. The van der Waals surface area contributed by atoms with Crippen LogP contribution in [-0.4, -0.2) is 93.1 Å². The van der Waals surface area contributed by atoms with Gasteiger partial charge in [-0.15, -0.1) is 0 Å². The first-order valence-corrected chi connectivity index (χ1v) is 28.4. The van der Waals surface area contributed by atoms with E-state index in [9.17, 15) is 14.9 Å². The fraction of sp³-hybridized carbons (Fsp3) is 0.464. The van der Waals surface area contributed by atoms with E-state index in [0.717, 1.165) is 16.7 Å². The van der Waals surface area contributed by atoms with Crippen molar-refractivity contribution in [3.8, 4) is 17.6 Å². The Morgan fingerprint density at radius 2 is 1.30 bits per heavy atom. The van der Waals surface area contributed by atoms with Gasteiger partial charge in [0.05, 0.1) is 39.9 Å². The minimum Gasteiger partial charge on any atom is -0.497 e. The normalized spacial score (nSPS) is 17.7. The van der Waals surface area contributed by atoms with Gasteiger partial charge in [0.15, 0.2) is 6.23 Å². The quantitative estimate of drug-likeness (QED) is 0.0183. The fourth-order valence-corrected chi connectivity index (χ4v) is 17.1. The molecule has 1 aliphatic heterocycles. The van der Waals surface area contributed by atoms with Crippen molar-refractivity contribution in [2.45, 2.75) is 135 Å². The van der Waals surface area contributed by atoms with E-state index in [1.54, 1.807) is 50.7 Å². The number of methoxy groups -OCH3 is 2. The van der Waals surface area contributed by atoms with Crippen molar-refractivity contribution in [3.05, 3.63) is 154 Å². The van der Waals surface area contributed by atoms with Crippen LogP contribution < -0.4 is 20.5 Å². The molecule has 73 heavy (non-hydrogen) atoms. The predicted molar refractivity (Wildman–Crippen MR) is 287 cm³/mol. The lowest BCUT2D eigenvalue weighted by atomic mass is 9.79. The molecule has 1 amide bonds. The molecule has 1 aliphatic rings. The van der Waals surface area contributed by atoms with Gasteiger partial charge < -0.3 is 42.5 Å². The van der Waals surface area contributed by atoms with Gasteiger partial charge in [-0.05, 0) is 103 Å². The molecule has 0 saturated carbocycles. The van der Waals surface area contributed by atoms with E-state index in [1.807, 2.05) is 84.9 Å². The number of carbonyl (C=O) groups is 1. The Bertz CT molecular complexity index is 2520. The highest BCUT2D eigenvalue weighted by Gasteiger charge is 2.54. The highest BCUT2D eigenvalue weighted by Crippen LogP contribution is 2.50. The number of anilines is 1. The van der Waals surface area contributed by atoms with Crippen LogP contribution in [0.5, 0.6) is 11.5 Å². The summed E-state index contributed by atoms with van der Waals surface area (Å²) in [5.41, 5.74) is 1.38. The zero-order chi connectivity index (χ0) is 52.9. The molecule has 1 fully saturated rings. The van der Waals surface area contributed by atoms with Crippen LogP contribution in [0.25, 0.3) is 0 Å². The summed E-state index contributed by atoms with van der Waals surface area (Å²) in [4.78, 5) is 32.1. The number of nitrogens with one attached hydrogen (secondary N) is 1. The van der Waals surface area contributed by atoms with Gasteiger partial charge in [-0.1, -0.05) is 114 Å². The molecule has 0 bridgehead atoms. The largest absolute Gasteiger partial charge is 0.497 e. The smallest absolute Gasteiger partial charge is 0.351 e. The predicted octanol–water partition coefficient (Wildman–Crippen LogP) is 11.6. The standard InChI is InChI=1S/C56H74N5O10PSi/c1-38(2)61(39(3)4)72(67-35-19-33-57)68-36-49-51(71-56(44-22-17-14-18-23-44,45-24-28-47(64-11)29-25-45)46-26-30-48(65-12)31-27-46)52(66-37-69-73(40(5)6,41(7)8)42(9)10)54(70-49)60-34-32-50(59-55(60)63)58-53(62)43-20-15-13-16-21-43/h13-18,20-32,34,38-42,49,51-52,54H,19,35-37H2,1-12H3,(H,58,59,62,63)/t49-,51-,52-,54-,72?/m1/s1. The molecule has 5 atom stereocenters. The lowest BCUT2D eigenvalue weighted by Gasteiger charge is -2.43. The monoisotopic (exact) mass is 1040 g/mol. The molecule has 17 heteroatoms. The highest BCUT2D eigenvalue weighted by molar-refractivity contribution is 7.44. The summed E-state index contributed by atoms with van der Waals surface area (Å²) in [6, 6.07) is 37.9. The first-order chi connectivity index (χ1) is 35.0. The maximum Gasteiger partial charge on any atom is 0.351 e. The van der Waals surface area contributed by atoms with Crippen LogP contribution in [0.3, 0.4) is 0 Å². The van der Waals surface area contributed by atoms with Crippen LogP contribution in [0.1, 0.15) is 109 Å². The van der Waals surface area contributed by atoms with Gasteiger partial charge in [0.25, 0.3) is 14.4 Å². The number of rotatable bonds is 26. The molecule has 392 valence electrons. The van der Waals surface area contributed by atoms with E-state index in [0.29, 0.717) is 17.1 Å². The Kier molecular flexibility index (Phi) is 20.5. The molecule has 6 rings (SSSR count). The van der Waals surface area contributed by atoms with E-state index >= 15 is 0 Å². The molecular weight excluding hydrogens is 962 g/mol. The third-order valence-corrected chi connectivity index (χ3v) is 21.5. The van der Waals surface area contributed by atoms with Crippen molar-refractivity contribution in [3.63, 3.8) is 0 Å². The van der Waals surface area contributed by atoms with Crippen LogP contribution in [0.2, 0.25) is 16.6 Å². The third kappa shape index (κ3) is 13.1. The molecule has 1 aromatic heterocycles. The number of nitrogens with zero attached hydrogens (tertiary/aromatic N) is 4. The molecule has 0 spiro atoms. The van der Waals surface area contributed by atoms with Gasteiger partial charge in [0.2, 0.25) is 8.32 Å². The Morgan fingerprint density at radius 1 is 0.767 bits per heavy atom. The summed E-state index contributed by atoms with van der Waals surface area (Å²) in [6.07, 6.45) is -2.45. The molecule has 0 radical (unpaired) electrons. The number of amides is 1. The number of hydrogen-bond donors (Lipinski definition) is 1. The number of benzene rings is 4. The molecule has 4 aromatic carbocycles. The Morgan fingerprint density at radius 3 is 1.79 bits per heavy atom. The van der Waals surface area contributed by atoms with Crippen molar-refractivity contribution in [2.24, 2.45) is 0 Å². The number of hydrogen-bond acceptors (Lipinski definition) is 13. The summed E-state index contributed by atoms with van der Waals surface area (Å²) >= 11 is 0. The molecule has 2 heterocycles. The second kappa shape index (κ2) is 26.3. The van der Waals surface area contributed by atoms with Gasteiger partial charge >= 0.3 is 5.69 Å². The van der Waals surface area contributed by atoms with E-state index in [1.165, 1.54) is 4.57 Å². The molecule has 5 aromatic rings. The van der Waals surface area contributed by atoms with Gasteiger partial charge in [-0.3, -0.25) is 9.36 Å². The first kappa shape index (κ1) is 57.0. The molecular formula is C56H74N5O10PSi. The summed E-state index contributed by atoms with van der Waals surface area (Å²) in [7, 11) is -1.03. The average molecular weight is 1040 g/mol. The van der Waals surface area contributed by atoms with Crippen LogP contribution in [0, 0.1) is 11.3 Å². The minimum atomic E-state index is -2.52. The van der Waals surface area contributed by atoms with Crippen LogP contribution in [0.4, 0.5) is 5.82 Å². The lowest BCUT2D eigenvalue weighted by Crippen LogP contribution is -2.50. The Hall–Kier alpha value is -5.31. The first-order valence-electron chi connectivity index (χ1n) is 25.1. The average Bonchev–Trinajstić information content (AvgIpc) is 3.71. The zero-order valence-electron chi connectivity index (χ0n) is 44.4. The highest BCUT2D eigenvalue weighted by atomic mass is 31.2. The third-order valence-electron chi connectivity index (χ3n) is 13.4. The summed E-state index contributed by atoms with van der Waals surface area (Å²) < 4.78 is 57.4. The molecule has 0 aliphatic carbocycles. The second-order valence-corrected chi connectivity index (χ2v) is 26.4. The lowest BCUT2D eigenvalue weighted by molar-refractivity contribution is -0.148. The van der Waals surface area contributed by atoms with Crippen molar-refractivity contribution < 1.29 is 42.0 Å². The minimum absolute atomic E-state index is 0.0134. The topological polar surface area (TPSA) is 165 Å². The van der Waals surface area contributed by atoms with Gasteiger partial charge in [-0.2, -0.15) is 10.2 Å². The summed E-state index contributed by atoms with van der Waals surface area (Å²) in [5, 5.41) is 12.3. The van der Waals surface area contributed by atoms with Crippen molar-refractivity contribution in [2.75, 3.05) is 39.5 Å². The van der Waals surface area contributed by atoms with Crippen molar-refractivity contribution >= 4 is 28.6 Å². The number of nitriles is 1. The zero-order valence-corrected chi connectivity index (χ0v) is 46.3. The van der Waals surface area contributed by atoms with Gasteiger partial charge in [-0.25, -0.2) is 9.46 Å². The summed E-state index contributed by atoms with van der Waals surface area (Å²) in [5.74, 6) is 0.955. The maximum absolute atomic E-state index is 14.5. The van der Waals surface area contributed by atoms with Crippen LogP contribution >= 0.6 is 8.53 Å². The second-order valence-electron chi connectivity index (χ2n) is 19.5. The fourth-order valence-electron chi connectivity index (χ4n) is 10.2.